The lowest BCUT2D eigenvalue weighted by molar-refractivity contribution is -0.274. The van der Waals surface area contributed by atoms with Gasteiger partial charge >= 0.3 is 6.36 Å². The first-order chi connectivity index (χ1) is 7.78. The van der Waals surface area contributed by atoms with Crippen LogP contribution in [0, 0.1) is 0 Å². The Labute approximate surface area is 93.7 Å². The van der Waals surface area contributed by atoms with Crippen LogP contribution in [0.2, 0.25) is 0 Å². The van der Waals surface area contributed by atoms with E-state index in [1.54, 1.807) is 0 Å². The summed E-state index contributed by atoms with van der Waals surface area (Å²) in [7, 11) is 0. The Hall–Kier alpha value is -1.66. The van der Waals surface area contributed by atoms with E-state index >= 15 is 0 Å². The van der Waals surface area contributed by atoms with Gasteiger partial charge in [-0.3, -0.25) is 4.99 Å². The summed E-state index contributed by atoms with van der Waals surface area (Å²) in [5, 5.41) is 0. The fourth-order valence-electron chi connectivity index (χ4n) is 0.975. The summed E-state index contributed by atoms with van der Waals surface area (Å²) in [6, 6.07) is 4.33. The van der Waals surface area contributed by atoms with Gasteiger partial charge in [-0.25, -0.2) is 8.78 Å². The van der Waals surface area contributed by atoms with Gasteiger partial charge < -0.3 is 4.74 Å². The predicted molar refractivity (Wildman–Crippen MR) is 51.9 cm³/mol. The van der Waals surface area contributed by atoms with Crippen molar-refractivity contribution in [1.29, 1.82) is 0 Å². The van der Waals surface area contributed by atoms with Crippen molar-refractivity contribution in [3.63, 3.8) is 0 Å². The summed E-state index contributed by atoms with van der Waals surface area (Å²) < 4.78 is 63.3. The number of rotatable bonds is 3. The van der Waals surface area contributed by atoms with Gasteiger partial charge in [-0.15, -0.1) is 13.2 Å². The van der Waals surface area contributed by atoms with Crippen LogP contribution < -0.4 is 4.74 Å². The fraction of sp³-hybridized carbons (Fsp3) is 0.300. The second-order valence-electron chi connectivity index (χ2n) is 3.10. The minimum atomic E-state index is -4.77. The highest BCUT2D eigenvalue weighted by atomic mass is 19.4. The first kappa shape index (κ1) is 13.4. The molecule has 0 aliphatic heterocycles. The summed E-state index contributed by atoms with van der Waals surface area (Å²) in [5.41, 5.74) is -0.271. The maximum atomic E-state index is 12.1. The highest BCUT2D eigenvalue weighted by molar-refractivity contribution is 5.87. The maximum absolute atomic E-state index is 12.1. The van der Waals surface area contributed by atoms with Crippen molar-refractivity contribution in [1.82, 2.24) is 0 Å². The Morgan fingerprint density at radius 3 is 2.12 bits per heavy atom. The average Bonchev–Trinajstić information content (AvgIpc) is 2.18. The minimum Gasteiger partial charge on any atom is -0.406 e. The Morgan fingerprint density at radius 2 is 1.71 bits per heavy atom. The highest BCUT2D eigenvalue weighted by Gasteiger charge is 2.30. The molecule has 0 amide bonds. The number of ether oxygens (including phenoxy) is 1. The molecular formula is C10H8F5NO. The molecule has 0 heterocycles. The summed E-state index contributed by atoms with van der Waals surface area (Å²) in [5.74, 6) is -0.425. The quantitative estimate of drug-likeness (QED) is 0.590. The molecule has 1 rings (SSSR count). The van der Waals surface area contributed by atoms with E-state index in [1.165, 1.54) is 0 Å². The topological polar surface area (TPSA) is 21.6 Å². The molecule has 0 spiro atoms. The van der Waals surface area contributed by atoms with E-state index in [1.807, 2.05) is 0 Å². The number of benzene rings is 1. The molecule has 0 unspecified atom stereocenters. The van der Waals surface area contributed by atoms with Crippen LogP contribution in [0.1, 0.15) is 6.92 Å². The summed E-state index contributed by atoms with van der Waals surface area (Å²) in [4.78, 5) is 3.53. The minimum absolute atomic E-state index is 0.136. The van der Waals surface area contributed by atoms with E-state index in [9.17, 15) is 22.0 Å². The second-order valence-corrected chi connectivity index (χ2v) is 3.10. The van der Waals surface area contributed by atoms with Gasteiger partial charge in [0.05, 0.1) is 11.4 Å². The van der Waals surface area contributed by atoms with Crippen molar-refractivity contribution < 1.29 is 26.7 Å². The van der Waals surface area contributed by atoms with Crippen LogP contribution >= 0.6 is 0 Å². The van der Waals surface area contributed by atoms with Crippen LogP contribution in [-0.4, -0.2) is 18.5 Å². The zero-order valence-electron chi connectivity index (χ0n) is 8.63. The van der Waals surface area contributed by atoms with Gasteiger partial charge in [0.1, 0.15) is 5.75 Å². The number of nitrogens with zero attached hydrogens (tertiary/aromatic N) is 1. The Bertz CT molecular complexity index is 396. The third kappa shape index (κ3) is 4.80. The van der Waals surface area contributed by atoms with Gasteiger partial charge in [0.2, 0.25) is 0 Å². The van der Waals surface area contributed by atoms with Crippen molar-refractivity contribution >= 4 is 11.4 Å². The number of aliphatic imine (C=N–C) groups is 1. The molecule has 17 heavy (non-hydrogen) atoms. The molecule has 0 aliphatic carbocycles. The molecule has 0 radical (unpaired) electrons. The van der Waals surface area contributed by atoms with E-state index < -0.39 is 24.2 Å². The maximum Gasteiger partial charge on any atom is 0.573 e. The molecule has 0 aromatic heterocycles. The van der Waals surface area contributed by atoms with Crippen LogP contribution in [-0.2, 0) is 0 Å². The molecule has 0 saturated heterocycles. The summed E-state index contributed by atoms with van der Waals surface area (Å²) in [6.45, 7) is 1.13. The second kappa shape index (κ2) is 5.11. The molecule has 7 heteroatoms. The molecule has 2 nitrogen and oxygen atoms in total. The third-order valence-corrected chi connectivity index (χ3v) is 1.69. The van der Waals surface area contributed by atoms with Gasteiger partial charge in [-0.1, -0.05) is 0 Å². The van der Waals surface area contributed by atoms with Crippen molar-refractivity contribution in [2.45, 2.75) is 19.7 Å². The lowest BCUT2D eigenvalue weighted by Gasteiger charge is -2.08. The predicted octanol–water partition coefficient (Wildman–Crippen LogP) is 3.94. The SMILES string of the molecule is C/C(=N\c1ccc(OC(F)(F)F)cc1)C(F)F. The van der Waals surface area contributed by atoms with Crippen LogP contribution in [0.15, 0.2) is 29.3 Å². The van der Waals surface area contributed by atoms with Crippen molar-refractivity contribution in [2.24, 2.45) is 4.99 Å². The smallest absolute Gasteiger partial charge is 0.406 e. The number of halogens is 5. The Morgan fingerprint density at radius 1 is 1.18 bits per heavy atom. The molecule has 0 bridgehead atoms. The van der Waals surface area contributed by atoms with E-state index in [4.69, 9.17) is 0 Å². The molecule has 0 atom stereocenters. The highest BCUT2D eigenvalue weighted by Crippen LogP contribution is 2.25. The van der Waals surface area contributed by atoms with Crippen LogP contribution in [0.5, 0.6) is 5.75 Å². The van der Waals surface area contributed by atoms with Crippen LogP contribution in [0.3, 0.4) is 0 Å². The van der Waals surface area contributed by atoms with Gasteiger partial charge in [-0.05, 0) is 31.2 Å². The molecule has 94 valence electrons. The Kier molecular flexibility index (Phi) is 4.03. The first-order valence-corrected chi connectivity index (χ1v) is 4.47. The summed E-state index contributed by atoms with van der Waals surface area (Å²) >= 11 is 0. The Balaban J connectivity index is 2.79. The van der Waals surface area contributed by atoms with Crippen LogP contribution in [0.4, 0.5) is 27.6 Å². The van der Waals surface area contributed by atoms with Gasteiger partial charge in [0.25, 0.3) is 6.43 Å². The molecule has 0 N–H and O–H groups in total. The van der Waals surface area contributed by atoms with Gasteiger partial charge in [0.15, 0.2) is 0 Å². The third-order valence-electron chi connectivity index (χ3n) is 1.69. The zero-order valence-corrected chi connectivity index (χ0v) is 8.63. The van der Waals surface area contributed by atoms with E-state index in [-0.39, 0.29) is 5.69 Å². The van der Waals surface area contributed by atoms with Crippen molar-refractivity contribution in [3.8, 4) is 5.75 Å². The number of hydrogen-bond acceptors (Lipinski definition) is 2. The van der Waals surface area contributed by atoms with Crippen molar-refractivity contribution in [3.05, 3.63) is 24.3 Å². The normalized spacial score (nSPS) is 13.0. The van der Waals surface area contributed by atoms with Gasteiger partial charge in [0, 0.05) is 0 Å². The lowest BCUT2D eigenvalue weighted by atomic mass is 10.3. The van der Waals surface area contributed by atoms with E-state index in [0.29, 0.717) is 0 Å². The number of hydrogen-bond donors (Lipinski definition) is 0. The summed E-state index contributed by atoms with van der Waals surface area (Å²) in [6.07, 6.45) is -7.47. The molecule has 0 aliphatic rings. The molecule has 1 aromatic carbocycles. The molecule has 0 saturated carbocycles. The largest absolute Gasteiger partial charge is 0.573 e. The fourth-order valence-corrected chi connectivity index (χ4v) is 0.975. The average molecular weight is 253 g/mol. The van der Waals surface area contributed by atoms with E-state index in [2.05, 4.69) is 9.73 Å². The van der Waals surface area contributed by atoms with E-state index in [0.717, 1.165) is 31.2 Å². The molecule has 1 aromatic rings. The molecule has 0 fully saturated rings. The monoisotopic (exact) mass is 253 g/mol. The zero-order chi connectivity index (χ0) is 13.1. The first-order valence-electron chi connectivity index (χ1n) is 4.47. The van der Waals surface area contributed by atoms with Crippen LogP contribution in [0.25, 0.3) is 0 Å². The lowest BCUT2D eigenvalue weighted by Crippen LogP contribution is -2.16. The standard InChI is InChI=1S/C10H8F5NO/c1-6(9(11)12)16-7-2-4-8(5-3-7)17-10(13,14)15/h2-5,9H,1H3/b16-6+. The number of alkyl halides is 5. The van der Waals surface area contributed by atoms with Gasteiger partial charge in [-0.2, -0.15) is 0 Å². The molecular weight excluding hydrogens is 245 g/mol. The van der Waals surface area contributed by atoms with Crippen molar-refractivity contribution in [2.75, 3.05) is 0 Å².